The van der Waals surface area contributed by atoms with E-state index in [1.54, 1.807) is 6.92 Å². The van der Waals surface area contributed by atoms with Crippen LogP contribution in [0.5, 0.6) is 0 Å². The molecule has 0 saturated heterocycles. The summed E-state index contributed by atoms with van der Waals surface area (Å²) in [6, 6.07) is 13.7. The molecule has 0 heterocycles. The summed E-state index contributed by atoms with van der Waals surface area (Å²) in [7, 11) is 1.50. The number of carbonyl (C=O) groups excluding carboxylic acids is 3. The molecular weight excluding hydrogens is 494 g/mol. The molecule has 0 radical (unpaired) electrons. The van der Waals surface area contributed by atoms with E-state index < -0.39 is 18.0 Å². The van der Waals surface area contributed by atoms with Gasteiger partial charge in [0.15, 0.2) is 0 Å². The SMILES string of the molecule is CC(C)CCC(=O)O.CCCCC(C)CCC(=O)NC(=O)NC(C)C=O.CN.Cc1ccc2ccccc2c1. The molecule has 0 saturated carbocycles. The zero-order chi connectivity index (χ0) is 30.2. The second kappa shape index (κ2) is 23.8. The van der Waals surface area contributed by atoms with Gasteiger partial charge in [-0.2, -0.15) is 0 Å². The topological polar surface area (TPSA) is 139 Å². The normalized spacial score (nSPS) is 11.3. The number of carbonyl (C=O) groups is 4. The summed E-state index contributed by atoms with van der Waals surface area (Å²) in [5, 5.41) is 15.4. The van der Waals surface area contributed by atoms with Gasteiger partial charge in [0.25, 0.3) is 0 Å². The van der Waals surface area contributed by atoms with Gasteiger partial charge < -0.3 is 21.0 Å². The van der Waals surface area contributed by atoms with Crippen molar-refractivity contribution in [1.82, 2.24) is 10.6 Å². The zero-order valence-electron chi connectivity index (χ0n) is 25.0. The van der Waals surface area contributed by atoms with Crippen LogP contribution in [0.2, 0.25) is 0 Å². The highest BCUT2D eigenvalue weighted by molar-refractivity contribution is 5.95. The van der Waals surface area contributed by atoms with Crippen molar-refractivity contribution in [3.8, 4) is 0 Å². The number of benzene rings is 2. The second-order valence-corrected chi connectivity index (χ2v) is 9.91. The molecule has 2 rings (SSSR count). The molecule has 220 valence electrons. The van der Waals surface area contributed by atoms with Crippen molar-refractivity contribution >= 4 is 35.0 Å². The number of hydrogen-bond donors (Lipinski definition) is 4. The van der Waals surface area contributed by atoms with E-state index in [-0.39, 0.29) is 5.91 Å². The summed E-state index contributed by atoms with van der Waals surface area (Å²) in [5.74, 6) is 0.00593. The fourth-order valence-corrected chi connectivity index (χ4v) is 3.26. The van der Waals surface area contributed by atoms with Crippen LogP contribution in [0.4, 0.5) is 4.79 Å². The van der Waals surface area contributed by atoms with E-state index in [1.165, 1.54) is 29.8 Å². The van der Waals surface area contributed by atoms with Crippen LogP contribution in [0, 0.1) is 18.8 Å². The Kier molecular flexibility index (Phi) is 23.1. The third-order valence-corrected chi connectivity index (χ3v) is 5.57. The molecule has 2 aromatic carbocycles. The van der Waals surface area contributed by atoms with E-state index in [0.29, 0.717) is 31.0 Å². The first-order chi connectivity index (χ1) is 18.5. The van der Waals surface area contributed by atoms with Gasteiger partial charge in [0.2, 0.25) is 5.91 Å². The maximum absolute atomic E-state index is 11.4. The molecule has 0 aromatic heterocycles. The summed E-state index contributed by atoms with van der Waals surface area (Å²) in [5.41, 5.74) is 5.82. The van der Waals surface area contributed by atoms with Gasteiger partial charge in [-0.3, -0.25) is 14.9 Å². The standard InChI is InChI=1S/C13H24N2O3.C11H10.C6H12O2.CH5N/c1-4-5-6-10(2)7-8-12(17)15-13(18)14-11(3)9-16;1-9-6-7-10-4-2-3-5-11(10)8-9;1-5(2)3-4-6(7)8;1-2/h9-11H,4-8H2,1-3H3,(H2,14,15,17,18);2-8H,1H3;5H,3-4H2,1-2H3,(H,7,8);2H2,1H3. The number of nitrogens with two attached hydrogens (primary N) is 1. The zero-order valence-corrected chi connectivity index (χ0v) is 25.0. The van der Waals surface area contributed by atoms with Crippen molar-refractivity contribution in [2.75, 3.05) is 7.05 Å². The molecule has 3 amide bonds. The lowest BCUT2D eigenvalue weighted by Gasteiger charge is -2.11. The highest BCUT2D eigenvalue weighted by Gasteiger charge is 2.11. The largest absolute Gasteiger partial charge is 0.481 e. The minimum Gasteiger partial charge on any atom is -0.481 e. The van der Waals surface area contributed by atoms with Crippen molar-refractivity contribution < 1.29 is 24.3 Å². The Hall–Kier alpha value is -3.26. The van der Waals surface area contributed by atoms with Crippen LogP contribution >= 0.6 is 0 Å². The van der Waals surface area contributed by atoms with E-state index >= 15 is 0 Å². The number of hydrogen-bond acceptors (Lipinski definition) is 5. The number of fused-ring (bicyclic) bond motifs is 1. The maximum Gasteiger partial charge on any atom is 0.321 e. The molecular formula is C31H51N3O5. The third kappa shape index (κ3) is 22.4. The Morgan fingerprint density at radius 1 is 0.923 bits per heavy atom. The molecule has 2 unspecified atom stereocenters. The van der Waals surface area contributed by atoms with Gasteiger partial charge in [0, 0.05) is 12.8 Å². The number of aldehydes is 1. The minimum atomic E-state index is -0.696. The molecule has 0 aliphatic rings. The number of amides is 3. The summed E-state index contributed by atoms with van der Waals surface area (Å²) in [6.45, 7) is 11.9. The van der Waals surface area contributed by atoms with Crippen LogP contribution in [0.3, 0.4) is 0 Å². The van der Waals surface area contributed by atoms with Crippen molar-refractivity contribution in [3.05, 3.63) is 48.0 Å². The summed E-state index contributed by atoms with van der Waals surface area (Å²) in [4.78, 5) is 42.9. The van der Waals surface area contributed by atoms with Crippen molar-refractivity contribution in [2.24, 2.45) is 17.6 Å². The number of imide groups is 1. The predicted molar refractivity (Wildman–Crippen MR) is 161 cm³/mol. The van der Waals surface area contributed by atoms with E-state index in [0.717, 1.165) is 25.7 Å². The average Bonchev–Trinajstić information content (AvgIpc) is 2.91. The fraction of sp³-hybridized carbons (Fsp3) is 0.548. The average molecular weight is 546 g/mol. The van der Waals surface area contributed by atoms with Crippen LogP contribution in [0.1, 0.15) is 85.1 Å². The van der Waals surface area contributed by atoms with Crippen LogP contribution in [0.25, 0.3) is 10.8 Å². The van der Waals surface area contributed by atoms with Crippen molar-refractivity contribution in [3.63, 3.8) is 0 Å². The lowest BCUT2D eigenvalue weighted by atomic mass is 9.99. The molecule has 5 N–H and O–H groups in total. The summed E-state index contributed by atoms with van der Waals surface area (Å²) < 4.78 is 0. The molecule has 2 aromatic rings. The highest BCUT2D eigenvalue weighted by Crippen LogP contribution is 2.15. The smallest absolute Gasteiger partial charge is 0.321 e. The maximum atomic E-state index is 11.4. The Bertz CT molecular complexity index is 962. The lowest BCUT2D eigenvalue weighted by Crippen LogP contribution is -2.44. The van der Waals surface area contributed by atoms with Crippen molar-refractivity contribution in [2.45, 2.75) is 92.5 Å². The van der Waals surface area contributed by atoms with Gasteiger partial charge in [0.1, 0.15) is 6.29 Å². The Morgan fingerprint density at radius 2 is 1.54 bits per heavy atom. The quantitative estimate of drug-likeness (QED) is 0.247. The summed E-state index contributed by atoms with van der Waals surface area (Å²) in [6.07, 6.45) is 6.25. The molecule has 8 heteroatoms. The Morgan fingerprint density at radius 3 is 2.05 bits per heavy atom. The van der Waals surface area contributed by atoms with Gasteiger partial charge in [0.05, 0.1) is 6.04 Å². The van der Waals surface area contributed by atoms with Gasteiger partial charge in [-0.1, -0.05) is 95.0 Å². The molecule has 2 atom stereocenters. The lowest BCUT2D eigenvalue weighted by molar-refractivity contribution is -0.137. The molecule has 0 bridgehead atoms. The van der Waals surface area contributed by atoms with E-state index in [1.807, 2.05) is 13.8 Å². The number of carboxylic acids is 1. The van der Waals surface area contributed by atoms with Crippen LogP contribution in [-0.2, 0) is 14.4 Å². The molecule has 0 aliphatic heterocycles. The number of unbranched alkanes of at least 4 members (excludes halogenated alkanes) is 1. The number of aliphatic carboxylic acids is 1. The van der Waals surface area contributed by atoms with Gasteiger partial charge >= 0.3 is 12.0 Å². The number of nitrogens with one attached hydrogen (secondary N) is 2. The second-order valence-electron chi connectivity index (χ2n) is 9.91. The molecule has 0 aliphatic carbocycles. The van der Waals surface area contributed by atoms with Gasteiger partial charge in [-0.25, -0.2) is 4.79 Å². The molecule has 0 spiro atoms. The van der Waals surface area contributed by atoms with Crippen molar-refractivity contribution in [1.29, 1.82) is 0 Å². The molecule has 0 fully saturated rings. The first-order valence-electron chi connectivity index (χ1n) is 13.8. The number of urea groups is 1. The van der Waals surface area contributed by atoms with E-state index in [2.05, 4.69) is 79.6 Å². The van der Waals surface area contributed by atoms with Crippen LogP contribution in [0.15, 0.2) is 42.5 Å². The first-order valence-corrected chi connectivity index (χ1v) is 13.8. The Labute approximate surface area is 235 Å². The third-order valence-electron chi connectivity index (χ3n) is 5.57. The number of carboxylic acid groups (broad SMARTS) is 1. The van der Waals surface area contributed by atoms with Crippen LogP contribution < -0.4 is 16.4 Å². The number of rotatable bonds is 11. The highest BCUT2D eigenvalue weighted by atomic mass is 16.4. The fourth-order valence-electron chi connectivity index (χ4n) is 3.26. The van der Waals surface area contributed by atoms with E-state index in [9.17, 15) is 19.2 Å². The molecule has 39 heavy (non-hydrogen) atoms. The summed E-state index contributed by atoms with van der Waals surface area (Å²) >= 11 is 0. The molecule has 8 nitrogen and oxygen atoms in total. The first kappa shape index (κ1) is 37.9. The van der Waals surface area contributed by atoms with E-state index in [4.69, 9.17) is 5.11 Å². The minimum absolute atomic E-state index is 0.297. The number of aryl methyl sites for hydroxylation is 1. The van der Waals surface area contributed by atoms with Gasteiger partial charge in [-0.15, -0.1) is 0 Å². The van der Waals surface area contributed by atoms with Gasteiger partial charge in [-0.05, 0) is 56.3 Å². The van der Waals surface area contributed by atoms with Crippen LogP contribution in [-0.4, -0.2) is 42.4 Å². The Balaban J connectivity index is 0. The predicted octanol–water partition coefficient (Wildman–Crippen LogP) is 6.24. The monoisotopic (exact) mass is 545 g/mol.